The van der Waals surface area contributed by atoms with Crippen molar-refractivity contribution in [2.75, 3.05) is 6.61 Å². The summed E-state index contributed by atoms with van der Waals surface area (Å²) in [4.78, 5) is 15.5. The van der Waals surface area contributed by atoms with Crippen LogP contribution in [0, 0.1) is 0 Å². The molecule has 19 heavy (non-hydrogen) atoms. The Morgan fingerprint density at radius 1 is 1.53 bits per heavy atom. The van der Waals surface area contributed by atoms with Gasteiger partial charge in [0.1, 0.15) is 12.0 Å². The quantitative estimate of drug-likeness (QED) is 0.815. The minimum atomic E-state index is -4.64. The molecule has 0 amide bonds. The zero-order valence-electron chi connectivity index (χ0n) is 9.77. The van der Waals surface area contributed by atoms with Crippen LogP contribution >= 0.6 is 11.3 Å². The molecule has 0 saturated carbocycles. The van der Waals surface area contributed by atoms with E-state index in [1.165, 1.54) is 6.07 Å². The lowest BCUT2D eigenvalue weighted by Crippen LogP contribution is -2.17. The molecular formula is C11H9F3N2O2S. The summed E-state index contributed by atoms with van der Waals surface area (Å²) < 4.78 is 43.4. The summed E-state index contributed by atoms with van der Waals surface area (Å²) in [5, 5.41) is 1.62. The Morgan fingerprint density at radius 3 is 2.79 bits per heavy atom. The van der Waals surface area contributed by atoms with Gasteiger partial charge >= 0.3 is 12.3 Å². The molecule has 8 heteroatoms. The van der Waals surface area contributed by atoms with Gasteiger partial charge in [0, 0.05) is 0 Å². The molecule has 0 aromatic carbocycles. The van der Waals surface area contributed by atoms with Gasteiger partial charge in [-0.15, -0.1) is 24.5 Å². The van der Waals surface area contributed by atoms with Crippen molar-refractivity contribution in [2.24, 2.45) is 0 Å². The molecule has 0 radical (unpaired) electrons. The first-order chi connectivity index (χ1) is 8.95. The molecule has 2 heterocycles. The molecule has 0 aliphatic rings. The number of carbonyl (C=O) groups is 1. The zero-order valence-corrected chi connectivity index (χ0v) is 10.6. The minimum absolute atomic E-state index is 0.0189. The van der Waals surface area contributed by atoms with Gasteiger partial charge < -0.3 is 4.74 Å². The molecule has 0 N–H and O–H groups in total. The summed E-state index contributed by atoms with van der Waals surface area (Å²) in [7, 11) is 0. The molecule has 2 rings (SSSR count). The van der Waals surface area contributed by atoms with Gasteiger partial charge in [-0.3, -0.25) is 0 Å². The fourth-order valence-electron chi connectivity index (χ4n) is 1.54. The first-order valence-corrected chi connectivity index (χ1v) is 6.18. The predicted molar refractivity (Wildman–Crippen MR) is 62.8 cm³/mol. The maximum absolute atomic E-state index is 12.9. The van der Waals surface area contributed by atoms with Crippen LogP contribution in [0.1, 0.15) is 17.4 Å². The number of aromatic nitrogens is 2. The number of halogens is 3. The van der Waals surface area contributed by atoms with Crippen LogP contribution in [0.25, 0.3) is 10.6 Å². The van der Waals surface area contributed by atoms with Crippen molar-refractivity contribution in [1.82, 2.24) is 9.55 Å². The van der Waals surface area contributed by atoms with Gasteiger partial charge in [0.2, 0.25) is 0 Å². The van der Waals surface area contributed by atoms with Crippen LogP contribution < -0.4 is 0 Å². The second-order valence-electron chi connectivity index (χ2n) is 3.48. The van der Waals surface area contributed by atoms with E-state index in [0.717, 1.165) is 11.3 Å². The van der Waals surface area contributed by atoms with Crippen molar-refractivity contribution in [2.45, 2.75) is 13.2 Å². The Morgan fingerprint density at radius 2 is 2.26 bits per heavy atom. The highest BCUT2D eigenvalue weighted by molar-refractivity contribution is 7.13. The average Bonchev–Trinajstić information content (AvgIpc) is 2.97. The maximum Gasteiger partial charge on any atom is 0.490 e. The molecule has 102 valence electrons. The molecule has 0 fully saturated rings. The third-order valence-electron chi connectivity index (χ3n) is 2.26. The van der Waals surface area contributed by atoms with Crippen molar-refractivity contribution in [1.29, 1.82) is 0 Å². The Balaban J connectivity index is 2.57. The van der Waals surface area contributed by atoms with Crippen LogP contribution in [0.4, 0.5) is 13.2 Å². The van der Waals surface area contributed by atoms with Crippen LogP contribution in [0.5, 0.6) is 0 Å². The number of rotatable bonds is 3. The molecule has 4 nitrogen and oxygen atoms in total. The van der Waals surface area contributed by atoms with Gasteiger partial charge in [-0.25, -0.2) is 14.3 Å². The lowest BCUT2D eigenvalue weighted by Gasteiger charge is -2.11. The zero-order chi connectivity index (χ0) is 14.0. The molecule has 0 aliphatic carbocycles. The molecular weight excluding hydrogens is 281 g/mol. The molecule has 0 saturated heterocycles. The summed E-state index contributed by atoms with van der Waals surface area (Å²) in [5.74, 6) is -0.867. The van der Waals surface area contributed by atoms with Crippen LogP contribution in [0.3, 0.4) is 0 Å². The predicted octanol–water partition coefficient (Wildman–Crippen LogP) is 3.26. The van der Waals surface area contributed by atoms with Crippen LogP contribution in [-0.2, 0) is 11.0 Å². The molecule has 2 aromatic rings. The number of alkyl halides is 3. The smallest absolute Gasteiger partial charge is 0.461 e. The largest absolute Gasteiger partial charge is 0.490 e. The minimum Gasteiger partial charge on any atom is -0.461 e. The molecule has 0 unspecified atom stereocenters. The van der Waals surface area contributed by atoms with Crippen molar-refractivity contribution in [3.05, 3.63) is 29.5 Å². The Labute approximate surface area is 110 Å². The Bertz CT molecular complexity index is 575. The molecule has 0 bridgehead atoms. The fraction of sp³-hybridized carbons (Fsp3) is 0.273. The SMILES string of the molecule is CCOC(=O)c1ncn(C(F)(F)F)c1-c1cccs1. The van der Waals surface area contributed by atoms with E-state index in [-0.39, 0.29) is 22.6 Å². The maximum atomic E-state index is 12.9. The summed E-state index contributed by atoms with van der Waals surface area (Å²) in [5.41, 5.74) is -0.623. The third kappa shape index (κ3) is 2.62. The summed E-state index contributed by atoms with van der Waals surface area (Å²) >= 11 is 1.09. The second-order valence-corrected chi connectivity index (χ2v) is 4.43. The van der Waals surface area contributed by atoms with Crippen LogP contribution in [0.2, 0.25) is 0 Å². The van der Waals surface area contributed by atoms with Crippen LogP contribution in [0.15, 0.2) is 23.8 Å². The molecule has 2 aromatic heterocycles. The number of nitrogens with zero attached hydrogens (tertiary/aromatic N) is 2. The van der Waals surface area contributed by atoms with Gasteiger partial charge in [0.05, 0.1) is 11.5 Å². The number of esters is 1. The normalized spacial score (nSPS) is 11.6. The van der Waals surface area contributed by atoms with Gasteiger partial charge in [0.25, 0.3) is 0 Å². The number of hydrogen-bond donors (Lipinski definition) is 0. The number of ether oxygens (including phenoxy) is 1. The van der Waals surface area contributed by atoms with Gasteiger partial charge in [-0.1, -0.05) is 6.07 Å². The molecule has 0 aliphatic heterocycles. The highest BCUT2D eigenvalue weighted by Crippen LogP contribution is 2.34. The third-order valence-corrected chi connectivity index (χ3v) is 3.14. The van der Waals surface area contributed by atoms with Crippen molar-refractivity contribution >= 4 is 17.3 Å². The van der Waals surface area contributed by atoms with E-state index in [1.54, 1.807) is 18.4 Å². The van der Waals surface area contributed by atoms with E-state index in [1.807, 2.05) is 0 Å². The van der Waals surface area contributed by atoms with Gasteiger partial charge in [-0.2, -0.15) is 0 Å². The first-order valence-electron chi connectivity index (χ1n) is 5.30. The Hall–Kier alpha value is -1.83. The number of carbonyl (C=O) groups excluding carboxylic acids is 1. The lowest BCUT2D eigenvalue weighted by molar-refractivity contribution is -0.202. The van der Waals surface area contributed by atoms with E-state index in [9.17, 15) is 18.0 Å². The highest BCUT2D eigenvalue weighted by Gasteiger charge is 2.36. The van der Waals surface area contributed by atoms with Crippen molar-refractivity contribution < 1.29 is 22.7 Å². The topological polar surface area (TPSA) is 44.1 Å². The summed E-state index contributed by atoms with van der Waals surface area (Å²) in [6, 6.07) is 3.09. The Kier molecular flexibility index (Phi) is 3.61. The summed E-state index contributed by atoms with van der Waals surface area (Å²) in [6.45, 7) is 1.64. The number of hydrogen-bond acceptors (Lipinski definition) is 4. The van der Waals surface area contributed by atoms with E-state index >= 15 is 0 Å². The van der Waals surface area contributed by atoms with E-state index < -0.39 is 12.3 Å². The second kappa shape index (κ2) is 5.04. The summed E-state index contributed by atoms with van der Waals surface area (Å²) in [6.07, 6.45) is -4.06. The van der Waals surface area contributed by atoms with Crippen molar-refractivity contribution in [3.63, 3.8) is 0 Å². The van der Waals surface area contributed by atoms with Gasteiger partial charge in [-0.05, 0) is 18.4 Å². The average molecular weight is 290 g/mol. The van der Waals surface area contributed by atoms with E-state index in [2.05, 4.69) is 4.98 Å². The van der Waals surface area contributed by atoms with E-state index in [0.29, 0.717) is 11.2 Å². The lowest BCUT2D eigenvalue weighted by atomic mass is 10.2. The molecule has 0 atom stereocenters. The fourth-order valence-corrected chi connectivity index (χ4v) is 2.31. The highest BCUT2D eigenvalue weighted by atomic mass is 32.1. The first kappa shape index (κ1) is 13.6. The van der Waals surface area contributed by atoms with Gasteiger partial charge in [0.15, 0.2) is 5.69 Å². The standard InChI is InChI=1S/C11H9F3N2O2S/c1-2-18-10(17)8-9(7-4-3-5-19-7)16(6-15-8)11(12,13)14/h3-6H,2H2,1H3. The number of thiophene rings is 1. The van der Waals surface area contributed by atoms with Crippen molar-refractivity contribution in [3.8, 4) is 10.6 Å². The monoisotopic (exact) mass is 290 g/mol. The van der Waals surface area contributed by atoms with Crippen LogP contribution in [-0.4, -0.2) is 22.1 Å². The van der Waals surface area contributed by atoms with E-state index in [4.69, 9.17) is 4.74 Å². The molecule has 0 spiro atoms. The number of imidazole rings is 1.